The maximum absolute atomic E-state index is 10.0. The predicted molar refractivity (Wildman–Crippen MR) is 51.2 cm³/mol. The SMILES string of the molecule is CC(C)N(C)C1CCCC1(C)O. The second kappa shape index (κ2) is 3.35. The Balaban J connectivity index is 2.62. The highest BCUT2D eigenvalue weighted by Crippen LogP contribution is 2.33. The lowest BCUT2D eigenvalue weighted by Crippen LogP contribution is -2.48. The highest BCUT2D eigenvalue weighted by atomic mass is 16.3. The molecule has 1 aliphatic rings. The Morgan fingerprint density at radius 1 is 1.50 bits per heavy atom. The van der Waals surface area contributed by atoms with Gasteiger partial charge in [0.25, 0.3) is 0 Å². The van der Waals surface area contributed by atoms with Gasteiger partial charge in [0.05, 0.1) is 5.60 Å². The number of hydrogen-bond acceptors (Lipinski definition) is 2. The normalized spacial score (nSPS) is 36.8. The summed E-state index contributed by atoms with van der Waals surface area (Å²) in [6.07, 6.45) is 3.26. The average Bonchev–Trinajstić information content (AvgIpc) is 2.27. The lowest BCUT2D eigenvalue weighted by molar-refractivity contribution is -0.0136. The standard InChI is InChI=1S/C10H21NO/c1-8(2)11(4)9-6-5-7-10(9,3)12/h8-9,12H,5-7H2,1-4H3. The molecule has 1 aliphatic carbocycles. The molecule has 0 aromatic heterocycles. The molecule has 2 unspecified atom stereocenters. The Morgan fingerprint density at radius 2 is 2.08 bits per heavy atom. The van der Waals surface area contributed by atoms with Crippen molar-refractivity contribution in [3.8, 4) is 0 Å². The summed E-state index contributed by atoms with van der Waals surface area (Å²) >= 11 is 0. The van der Waals surface area contributed by atoms with Crippen molar-refractivity contribution in [1.82, 2.24) is 4.90 Å². The van der Waals surface area contributed by atoms with Crippen molar-refractivity contribution < 1.29 is 5.11 Å². The van der Waals surface area contributed by atoms with Gasteiger partial charge in [-0.05, 0) is 47.1 Å². The zero-order valence-corrected chi connectivity index (χ0v) is 8.67. The summed E-state index contributed by atoms with van der Waals surface area (Å²) in [7, 11) is 2.11. The van der Waals surface area contributed by atoms with Crippen LogP contribution in [0.1, 0.15) is 40.0 Å². The molecular formula is C10H21NO. The average molecular weight is 171 g/mol. The molecule has 0 aromatic rings. The van der Waals surface area contributed by atoms with E-state index in [1.165, 1.54) is 0 Å². The molecule has 2 nitrogen and oxygen atoms in total. The van der Waals surface area contributed by atoms with E-state index in [0.29, 0.717) is 12.1 Å². The highest BCUT2D eigenvalue weighted by Gasteiger charge is 2.39. The van der Waals surface area contributed by atoms with Gasteiger partial charge in [-0.25, -0.2) is 0 Å². The summed E-state index contributed by atoms with van der Waals surface area (Å²) in [5, 5.41) is 10.0. The first-order chi connectivity index (χ1) is 5.45. The van der Waals surface area contributed by atoms with Crippen LogP contribution in [0.25, 0.3) is 0 Å². The fourth-order valence-corrected chi connectivity index (χ4v) is 2.13. The summed E-state index contributed by atoms with van der Waals surface area (Å²) in [5.74, 6) is 0. The second-order valence-electron chi connectivity index (χ2n) is 4.52. The molecule has 1 fully saturated rings. The van der Waals surface area contributed by atoms with Crippen LogP contribution in [0.3, 0.4) is 0 Å². The molecule has 0 aromatic carbocycles. The first kappa shape index (κ1) is 10.0. The Hall–Kier alpha value is -0.0800. The lowest BCUT2D eigenvalue weighted by Gasteiger charge is -2.36. The van der Waals surface area contributed by atoms with Crippen LogP contribution in [0.2, 0.25) is 0 Å². The third-order valence-corrected chi connectivity index (χ3v) is 3.18. The van der Waals surface area contributed by atoms with Crippen molar-refractivity contribution in [2.24, 2.45) is 0 Å². The van der Waals surface area contributed by atoms with Gasteiger partial charge >= 0.3 is 0 Å². The monoisotopic (exact) mass is 171 g/mol. The zero-order valence-electron chi connectivity index (χ0n) is 8.67. The topological polar surface area (TPSA) is 23.5 Å². The lowest BCUT2D eigenvalue weighted by atomic mass is 9.98. The van der Waals surface area contributed by atoms with Gasteiger partial charge in [-0.2, -0.15) is 0 Å². The number of rotatable bonds is 2. The summed E-state index contributed by atoms with van der Waals surface area (Å²) in [5.41, 5.74) is -0.459. The van der Waals surface area contributed by atoms with Crippen LogP contribution < -0.4 is 0 Å². The molecule has 2 heteroatoms. The van der Waals surface area contributed by atoms with Gasteiger partial charge < -0.3 is 5.11 Å². The first-order valence-electron chi connectivity index (χ1n) is 4.89. The summed E-state index contributed by atoms with van der Waals surface area (Å²) < 4.78 is 0. The van der Waals surface area contributed by atoms with E-state index in [9.17, 15) is 5.11 Å². The third kappa shape index (κ3) is 1.80. The van der Waals surface area contributed by atoms with Gasteiger partial charge in [-0.15, -0.1) is 0 Å². The van der Waals surface area contributed by atoms with E-state index < -0.39 is 5.60 Å². The van der Waals surface area contributed by atoms with Crippen LogP contribution >= 0.6 is 0 Å². The van der Waals surface area contributed by atoms with E-state index in [-0.39, 0.29) is 0 Å². The minimum atomic E-state index is -0.459. The second-order valence-corrected chi connectivity index (χ2v) is 4.52. The molecule has 2 atom stereocenters. The van der Waals surface area contributed by atoms with E-state index in [1.807, 2.05) is 6.92 Å². The van der Waals surface area contributed by atoms with Crippen LogP contribution in [-0.2, 0) is 0 Å². The molecule has 0 radical (unpaired) electrons. The smallest absolute Gasteiger partial charge is 0.0774 e. The van der Waals surface area contributed by atoms with Crippen LogP contribution in [0.15, 0.2) is 0 Å². The molecule has 72 valence electrons. The zero-order chi connectivity index (χ0) is 9.35. The molecule has 0 spiro atoms. The Morgan fingerprint density at radius 3 is 2.42 bits per heavy atom. The summed E-state index contributed by atoms with van der Waals surface area (Å²) in [6, 6.07) is 0.886. The van der Waals surface area contributed by atoms with Gasteiger partial charge in [-0.1, -0.05) is 0 Å². The van der Waals surface area contributed by atoms with E-state index in [0.717, 1.165) is 19.3 Å². The van der Waals surface area contributed by atoms with Crippen molar-refractivity contribution in [2.75, 3.05) is 7.05 Å². The number of aliphatic hydroxyl groups is 1. The number of likely N-dealkylation sites (N-methyl/N-ethyl adjacent to an activating group) is 1. The van der Waals surface area contributed by atoms with Gasteiger partial charge in [0, 0.05) is 12.1 Å². The van der Waals surface area contributed by atoms with E-state index in [2.05, 4.69) is 25.8 Å². The molecule has 0 bridgehead atoms. The van der Waals surface area contributed by atoms with Crippen molar-refractivity contribution in [2.45, 2.75) is 57.7 Å². The Labute approximate surface area is 75.6 Å². The summed E-state index contributed by atoms with van der Waals surface area (Å²) in [4.78, 5) is 2.28. The van der Waals surface area contributed by atoms with Gasteiger partial charge in [0.1, 0.15) is 0 Å². The maximum Gasteiger partial charge on any atom is 0.0774 e. The van der Waals surface area contributed by atoms with Crippen molar-refractivity contribution in [3.05, 3.63) is 0 Å². The van der Waals surface area contributed by atoms with Crippen LogP contribution in [0.5, 0.6) is 0 Å². The molecular weight excluding hydrogens is 150 g/mol. The molecule has 1 N–H and O–H groups in total. The molecule has 0 aliphatic heterocycles. The molecule has 0 saturated heterocycles. The molecule has 12 heavy (non-hydrogen) atoms. The quantitative estimate of drug-likeness (QED) is 0.682. The molecule has 1 saturated carbocycles. The van der Waals surface area contributed by atoms with E-state index in [1.54, 1.807) is 0 Å². The van der Waals surface area contributed by atoms with Crippen molar-refractivity contribution in [3.63, 3.8) is 0 Å². The molecule has 0 amide bonds. The van der Waals surface area contributed by atoms with Crippen LogP contribution in [-0.4, -0.2) is 34.7 Å². The third-order valence-electron chi connectivity index (χ3n) is 3.18. The largest absolute Gasteiger partial charge is 0.389 e. The van der Waals surface area contributed by atoms with Crippen molar-refractivity contribution >= 4 is 0 Å². The fraction of sp³-hybridized carbons (Fsp3) is 1.00. The Bertz CT molecular complexity index is 154. The number of hydrogen-bond donors (Lipinski definition) is 1. The Kier molecular flexibility index (Phi) is 2.79. The van der Waals surface area contributed by atoms with Crippen LogP contribution in [0.4, 0.5) is 0 Å². The highest BCUT2D eigenvalue weighted by molar-refractivity contribution is 4.94. The summed E-state index contributed by atoms with van der Waals surface area (Å²) in [6.45, 7) is 6.31. The van der Waals surface area contributed by atoms with Gasteiger partial charge in [0.15, 0.2) is 0 Å². The van der Waals surface area contributed by atoms with E-state index >= 15 is 0 Å². The van der Waals surface area contributed by atoms with E-state index in [4.69, 9.17) is 0 Å². The molecule has 0 heterocycles. The minimum absolute atomic E-state index is 0.359. The fourth-order valence-electron chi connectivity index (χ4n) is 2.13. The van der Waals surface area contributed by atoms with Crippen molar-refractivity contribution in [1.29, 1.82) is 0 Å². The predicted octanol–water partition coefficient (Wildman–Crippen LogP) is 1.63. The number of nitrogens with zero attached hydrogens (tertiary/aromatic N) is 1. The van der Waals surface area contributed by atoms with Gasteiger partial charge in [0.2, 0.25) is 0 Å². The maximum atomic E-state index is 10.0. The van der Waals surface area contributed by atoms with Gasteiger partial charge in [-0.3, -0.25) is 4.90 Å². The first-order valence-corrected chi connectivity index (χ1v) is 4.89. The molecule has 1 rings (SSSR count). The minimum Gasteiger partial charge on any atom is -0.389 e. The van der Waals surface area contributed by atoms with Crippen LogP contribution in [0, 0.1) is 0 Å².